The fourth-order valence-electron chi connectivity index (χ4n) is 2.40. The van der Waals surface area contributed by atoms with Gasteiger partial charge in [0.1, 0.15) is 5.75 Å². The van der Waals surface area contributed by atoms with Gasteiger partial charge < -0.3 is 15.4 Å². The molecule has 0 aliphatic carbocycles. The Morgan fingerprint density at radius 2 is 1.45 bits per heavy atom. The number of halogens is 3. The molecular weight excluding hydrogens is 435 g/mol. The molecule has 0 fully saturated rings. The van der Waals surface area contributed by atoms with Gasteiger partial charge in [-0.15, -0.1) is 0 Å². The molecule has 0 atom stereocenters. The lowest BCUT2D eigenvalue weighted by atomic mass is 10.2. The lowest BCUT2D eigenvalue weighted by molar-refractivity contribution is -0.118. The van der Waals surface area contributed by atoms with Crippen LogP contribution in [0.5, 0.6) is 5.75 Å². The van der Waals surface area contributed by atoms with Crippen LogP contribution in [0.15, 0.2) is 66.7 Å². The fourth-order valence-corrected chi connectivity index (χ4v) is 3.06. The molecule has 0 aliphatic heterocycles. The molecule has 0 aliphatic rings. The number of anilines is 2. The van der Waals surface area contributed by atoms with Crippen LogP contribution in [0.25, 0.3) is 0 Å². The van der Waals surface area contributed by atoms with Crippen molar-refractivity contribution in [3.8, 4) is 5.75 Å². The van der Waals surface area contributed by atoms with E-state index >= 15 is 0 Å². The van der Waals surface area contributed by atoms with E-state index in [9.17, 15) is 9.59 Å². The first-order valence-electron chi connectivity index (χ1n) is 8.45. The van der Waals surface area contributed by atoms with Crippen LogP contribution < -0.4 is 15.4 Å². The molecule has 0 aromatic heterocycles. The van der Waals surface area contributed by atoms with E-state index in [2.05, 4.69) is 10.6 Å². The summed E-state index contributed by atoms with van der Waals surface area (Å²) < 4.78 is 5.39. The zero-order valence-electron chi connectivity index (χ0n) is 14.9. The maximum atomic E-state index is 12.2. The van der Waals surface area contributed by atoms with Crippen LogP contribution in [0, 0.1) is 0 Å². The third-order valence-corrected chi connectivity index (χ3v) is 4.53. The van der Waals surface area contributed by atoms with Gasteiger partial charge in [0.05, 0.1) is 5.02 Å². The van der Waals surface area contributed by atoms with Crippen LogP contribution in [0.2, 0.25) is 15.1 Å². The first-order chi connectivity index (χ1) is 13.9. The predicted molar refractivity (Wildman–Crippen MR) is 116 cm³/mol. The number of rotatable bonds is 6. The van der Waals surface area contributed by atoms with Crippen molar-refractivity contribution in [2.45, 2.75) is 0 Å². The van der Waals surface area contributed by atoms with Crippen LogP contribution in [0.4, 0.5) is 11.4 Å². The van der Waals surface area contributed by atoms with E-state index in [1.807, 2.05) is 0 Å². The smallest absolute Gasteiger partial charge is 0.262 e. The van der Waals surface area contributed by atoms with Crippen molar-refractivity contribution >= 4 is 58.0 Å². The summed E-state index contributed by atoms with van der Waals surface area (Å²) in [6.45, 7) is -0.214. The van der Waals surface area contributed by atoms with Crippen molar-refractivity contribution in [1.29, 1.82) is 0 Å². The van der Waals surface area contributed by atoms with E-state index in [1.165, 1.54) is 6.07 Å². The van der Waals surface area contributed by atoms with E-state index in [1.54, 1.807) is 60.7 Å². The Bertz CT molecular complexity index is 1040. The molecule has 148 valence electrons. The van der Waals surface area contributed by atoms with Crippen molar-refractivity contribution in [2.75, 3.05) is 17.2 Å². The molecule has 3 aromatic carbocycles. The van der Waals surface area contributed by atoms with Gasteiger partial charge in [-0.05, 0) is 60.7 Å². The quantitative estimate of drug-likeness (QED) is 0.491. The number of carbonyl (C=O) groups is 2. The molecule has 0 radical (unpaired) electrons. The molecule has 2 amide bonds. The van der Waals surface area contributed by atoms with Gasteiger partial charge in [-0.25, -0.2) is 0 Å². The summed E-state index contributed by atoms with van der Waals surface area (Å²) in [5.41, 5.74) is 1.59. The number of carbonyl (C=O) groups excluding carboxylic acids is 2. The Hall–Kier alpha value is -2.73. The monoisotopic (exact) mass is 448 g/mol. The van der Waals surface area contributed by atoms with E-state index in [0.717, 1.165) is 0 Å². The van der Waals surface area contributed by atoms with Crippen LogP contribution in [0.3, 0.4) is 0 Å². The van der Waals surface area contributed by atoms with Crippen molar-refractivity contribution < 1.29 is 14.3 Å². The van der Waals surface area contributed by atoms with Crippen molar-refractivity contribution in [1.82, 2.24) is 0 Å². The lowest BCUT2D eigenvalue weighted by Gasteiger charge is -2.10. The van der Waals surface area contributed by atoms with E-state index in [0.29, 0.717) is 37.8 Å². The summed E-state index contributed by atoms with van der Waals surface area (Å²) in [5, 5.41) is 6.75. The van der Waals surface area contributed by atoms with Gasteiger partial charge in [-0.3, -0.25) is 9.59 Å². The molecule has 0 spiro atoms. The molecule has 3 aromatic rings. The topological polar surface area (TPSA) is 67.4 Å². The molecule has 29 heavy (non-hydrogen) atoms. The van der Waals surface area contributed by atoms with Crippen LogP contribution in [-0.4, -0.2) is 18.4 Å². The van der Waals surface area contributed by atoms with Crippen molar-refractivity contribution in [3.63, 3.8) is 0 Å². The van der Waals surface area contributed by atoms with Gasteiger partial charge in [0.15, 0.2) is 6.61 Å². The number of hydrogen-bond donors (Lipinski definition) is 2. The summed E-state index contributed by atoms with van der Waals surface area (Å²) in [6.07, 6.45) is 0. The highest BCUT2D eigenvalue weighted by Gasteiger charge is 2.09. The SMILES string of the molecule is O=C(COc1ccc(Cl)cc1Cl)Nc1ccc(NC(=O)c2cccc(Cl)c2)cc1. The highest BCUT2D eigenvalue weighted by atomic mass is 35.5. The average Bonchev–Trinajstić information content (AvgIpc) is 2.69. The minimum atomic E-state index is -0.355. The number of ether oxygens (including phenoxy) is 1. The maximum absolute atomic E-state index is 12.2. The van der Waals surface area contributed by atoms with Gasteiger partial charge >= 0.3 is 0 Å². The minimum Gasteiger partial charge on any atom is -0.482 e. The molecule has 8 heteroatoms. The molecule has 2 N–H and O–H groups in total. The second kappa shape index (κ2) is 9.65. The van der Waals surface area contributed by atoms with Crippen LogP contribution >= 0.6 is 34.8 Å². The van der Waals surface area contributed by atoms with Crippen LogP contribution in [-0.2, 0) is 4.79 Å². The third-order valence-electron chi connectivity index (χ3n) is 3.77. The summed E-state index contributed by atoms with van der Waals surface area (Å²) in [5.74, 6) is -0.269. The Balaban J connectivity index is 1.53. The second-order valence-electron chi connectivity index (χ2n) is 5.95. The van der Waals surface area contributed by atoms with E-state index in [4.69, 9.17) is 39.5 Å². The number of hydrogen-bond acceptors (Lipinski definition) is 3. The zero-order valence-corrected chi connectivity index (χ0v) is 17.2. The number of amides is 2. The van der Waals surface area contributed by atoms with Gasteiger partial charge in [0, 0.05) is 27.0 Å². The van der Waals surface area contributed by atoms with Gasteiger partial charge in [0.25, 0.3) is 11.8 Å². The fraction of sp³-hybridized carbons (Fsp3) is 0.0476. The first kappa shape index (κ1) is 21.0. The van der Waals surface area contributed by atoms with E-state index < -0.39 is 0 Å². The molecule has 5 nitrogen and oxygen atoms in total. The second-order valence-corrected chi connectivity index (χ2v) is 7.23. The Morgan fingerprint density at radius 3 is 2.10 bits per heavy atom. The Kier molecular flexibility index (Phi) is 6.99. The predicted octanol–water partition coefficient (Wildman–Crippen LogP) is 5.92. The molecule has 0 unspecified atom stereocenters. The lowest BCUT2D eigenvalue weighted by Crippen LogP contribution is -2.20. The first-order valence-corrected chi connectivity index (χ1v) is 9.59. The number of benzene rings is 3. The highest BCUT2D eigenvalue weighted by molar-refractivity contribution is 6.35. The van der Waals surface area contributed by atoms with E-state index in [-0.39, 0.29) is 18.4 Å². The molecule has 0 saturated heterocycles. The highest BCUT2D eigenvalue weighted by Crippen LogP contribution is 2.27. The largest absolute Gasteiger partial charge is 0.482 e. The van der Waals surface area contributed by atoms with Crippen LogP contribution in [0.1, 0.15) is 10.4 Å². The normalized spacial score (nSPS) is 10.3. The van der Waals surface area contributed by atoms with Gasteiger partial charge in [0.2, 0.25) is 0 Å². The minimum absolute atomic E-state index is 0.214. The standard InChI is InChI=1S/C21H15Cl3N2O3/c22-14-3-1-2-13(10-14)21(28)26-17-7-5-16(6-8-17)25-20(27)12-29-19-9-4-15(23)11-18(19)24/h1-11H,12H2,(H,25,27)(H,26,28). The molecular formula is C21H15Cl3N2O3. The molecule has 0 heterocycles. The summed E-state index contributed by atoms with van der Waals surface area (Å²) in [7, 11) is 0. The van der Waals surface area contributed by atoms with Crippen molar-refractivity contribution in [3.05, 3.63) is 87.4 Å². The summed E-state index contributed by atoms with van der Waals surface area (Å²) in [4.78, 5) is 24.3. The number of nitrogens with one attached hydrogen (secondary N) is 2. The Labute approximate surface area is 182 Å². The molecule has 0 saturated carbocycles. The molecule has 3 rings (SSSR count). The van der Waals surface area contributed by atoms with Gasteiger partial charge in [-0.2, -0.15) is 0 Å². The summed E-state index contributed by atoms with van der Waals surface area (Å²) >= 11 is 17.7. The third kappa shape index (κ3) is 6.12. The van der Waals surface area contributed by atoms with Crippen molar-refractivity contribution in [2.24, 2.45) is 0 Å². The molecule has 0 bridgehead atoms. The summed E-state index contributed by atoms with van der Waals surface area (Å²) in [6, 6.07) is 18.1. The average molecular weight is 450 g/mol. The maximum Gasteiger partial charge on any atom is 0.262 e. The zero-order chi connectivity index (χ0) is 20.8. The van der Waals surface area contributed by atoms with Gasteiger partial charge in [-0.1, -0.05) is 40.9 Å². The Morgan fingerprint density at radius 1 is 0.793 bits per heavy atom.